The van der Waals surface area contributed by atoms with Crippen LogP contribution in [0.15, 0.2) is 65.6 Å². The summed E-state index contributed by atoms with van der Waals surface area (Å²) in [5.41, 5.74) is 1.90. The maximum absolute atomic E-state index is 13.8. The zero-order valence-electron chi connectivity index (χ0n) is 17.3. The zero-order valence-corrected chi connectivity index (χ0v) is 18.8. The Balaban J connectivity index is 1.62. The van der Waals surface area contributed by atoms with Crippen molar-refractivity contribution < 1.29 is 22.6 Å². The quantitative estimate of drug-likeness (QED) is 0.534. The van der Waals surface area contributed by atoms with Crippen LogP contribution in [0.4, 0.5) is 14.5 Å². The van der Waals surface area contributed by atoms with Crippen molar-refractivity contribution in [1.29, 1.82) is 0 Å². The first-order chi connectivity index (χ1) is 15.7. The Morgan fingerprint density at radius 1 is 1.09 bits per heavy atom. The van der Waals surface area contributed by atoms with Crippen LogP contribution in [-0.4, -0.2) is 22.9 Å². The van der Waals surface area contributed by atoms with Gasteiger partial charge in [0.1, 0.15) is 16.5 Å². The Bertz CT molecular complexity index is 1330. The van der Waals surface area contributed by atoms with Gasteiger partial charge in [0.2, 0.25) is 5.78 Å². The molecule has 0 aliphatic carbocycles. The van der Waals surface area contributed by atoms with Gasteiger partial charge in [-0.05, 0) is 59.7 Å². The van der Waals surface area contributed by atoms with Gasteiger partial charge in [0.05, 0.1) is 10.7 Å². The number of Topliss-reactive ketones (excluding diaryl/α,β-unsaturated/α-hetero) is 1. The van der Waals surface area contributed by atoms with Gasteiger partial charge < -0.3 is 5.32 Å². The summed E-state index contributed by atoms with van der Waals surface area (Å²) in [5, 5.41) is 2.66. The molecule has 3 aromatic rings. The number of hydrogen-bond acceptors (Lipinski definition) is 3. The number of allylic oxidation sites excluding steroid dienone is 1. The van der Waals surface area contributed by atoms with E-state index in [2.05, 4.69) is 5.32 Å². The molecule has 0 fully saturated rings. The summed E-state index contributed by atoms with van der Waals surface area (Å²) in [5.74, 6) is -1.97. The van der Waals surface area contributed by atoms with Crippen molar-refractivity contribution in [2.75, 3.05) is 11.4 Å². The monoisotopic (exact) mass is 486 g/mol. The number of nitrogens with one attached hydrogen (secondary N) is 1. The fourth-order valence-corrected chi connectivity index (χ4v) is 4.59. The number of amides is 1. The molecule has 0 spiro atoms. The third-order valence-electron chi connectivity index (χ3n) is 5.11. The molecule has 33 heavy (non-hydrogen) atoms. The largest absolute Gasteiger partial charge is 0.348 e. The number of carbonyl (C=O) groups excluding carboxylic acids is 2. The first-order valence-electron chi connectivity index (χ1n) is 9.78. The second-order valence-electron chi connectivity index (χ2n) is 7.30. The number of hydrogen-bond donors (Lipinski definition) is 1. The molecule has 1 amide bonds. The van der Waals surface area contributed by atoms with Crippen molar-refractivity contribution in [3.05, 3.63) is 104 Å². The highest BCUT2D eigenvalue weighted by Crippen LogP contribution is 2.33. The van der Waals surface area contributed by atoms with Crippen LogP contribution in [0, 0.1) is 11.6 Å². The molecule has 5 nitrogen and oxygen atoms in total. The number of ketones is 1. The summed E-state index contributed by atoms with van der Waals surface area (Å²) in [6.07, 6.45) is 1.35. The Morgan fingerprint density at radius 2 is 1.82 bits per heavy atom. The smallest absolute Gasteiger partial charge is 0.251 e. The number of benzene rings is 3. The molecule has 0 bridgehead atoms. The van der Waals surface area contributed by atoms with Crippen molar-refractivity contribution in [2.45, 2.75) is 6.54 Å². The molecule has 1 atom stereocenters. The maximum Gasteiger partial charge on any atom is 0.251 e. The highest BCUT2D eigenvalue weighted by molar-refractivity contribution is 7.91. The summed E-state index contributed by atoms with van der Waals surface area (Å²) >= 11 is 5.70. The Hall–Kier alpha value is -3.36. The van der Waals surface area contributed by atoms with Crippen LogP contribution in [0.25, 0.3) is 6.08 Å². The summed E-state index contributed by atoms with van der Waals surface area (Å²) in [7, 11) is -0.255. The van der Waals surface area contributed by atoms with Crippen LogP contribution in [0.5, 0.6) is 0 Å². The van der Waals surface area contributed by atoms with Gasteiger partial charge in [0.25, 0.3) is 5.91 Å². The normalized spacial score (nSPS) is 16.6. The molecular formula is C24H17ClF2N2O3S. The minimum Gasteiger partial charge on any atom is -0.348 e. The molecule has 0 saturated carbocycles. The van der Waals surface area contributed by atoms with Crippen LogP contribution < -0.4 is 9.62 Å². The lowest BCUT2D eigenvalue weighted by Crippen LogP contribution is -2.32. The second kappa shape index (κ2) is 9.25. The van der Waals surface area contributed by atoms with Crippen LogP contribution in [0.1, 0.15) is 31.8 Å². The van der Waals surface area contributed by atoms with Gasteiger partial charge in [-0.3, -0.25) is 13.9 Å². The summed E-state index contributed by atoms with van der Waals surface area (Å²) in [4.78, 5) is 25.7. The fourth-order valence-electron chi connectivity index (χ4n) is 3.34. The molecule has 168 valence electrons. The van der Waals surface area contributed by atoms with E-state index in [1.165, 1.54) is 46.8 Å². The van der Waals surface area contributed by atoms with E-state index in [1.54, 1.807) is 25.2 Å². The Labute approximate surface area is 196 Å². The molecular weight excluding hydrogens is 470 g/mol. The average molecular weight is 487 g/mol. The van der Waals surface area contributed by atoms with E-state index in [0.717, 1.165) is 6.07 Å². The van der Waals surface area contributed by atoms with Gasteiger partial charge in [-0.25, -0.2) is 13.0 Å². The minimum absolute atomic E-state index is 0.0457. The van der Waals surface area contributed by atoms with Crippen molar-refractivity contribution in [3.8, 4) is 0 Å². The number of nitrogens with zero attached hydrogens (tertiary/aromatic N) is 1. The lowest BCUT2D eigenvalue weighted by molar-refractivity contribution is 0.0951. The number of carbonyl (C=O) groups is 2. The van der Waals surface area contributed by atoms with Gasteiger partial charge >= 0.3 is 0 Å². The van der Waals surface area contributed by atoms with E-state index in [-0.39, 0.29) is 33.4 Å². The van der Waals surface area contributed by atoms with Gasteiger partial charge in [0, 0.05) is 24.7 Å². The Morgan fingerprint density at radius 3 is 2.52 bits per heavy atom. The predicted octanol–water partition coefficient (Wildman–Crippen LogP) is 4.89. The summed E-state index contributed by atoms with van der Waals surface area (Å²) in [6.45, 7) is 0.182. The fraction of sp³-hybridized carbons (Fsp3) is 0.0833. The topological polar surface area (TPSA) is 66.5 Å². The average Bonchev–Trinajstić information content (AvgIpc) is 2.81. The molecule has 1 unspecified atom stereocenters. The molecule has 4 rings (SSSR count). The van der Waals surface area contributed by atoms with Crippen LogP contribution in [-0.2, 0) is 17.5 Å². The van der Waals surface area contributed by atoms with Crippen molar-refractivity contribution in [2.24, 2.45) is 0 Å². The predicted molar refractivity (Wildman–Crippen MR) is 124 cm³/mol. The van der Waals surface area contributed by atoms with Crippen LogP contribution in [0.2, 0.25) is 5.02 Å². The van der Waals surface area contributed by atoms with Crippen molar-refractivity contribution in [3.63, 3.8) is 0 Å². The molecule has 1 aliphatic heterocycles. The van der Waals surface area contributed by atoms with E-state index in [1.807, 2.05) is 0 Å². The minimum atomic E-state index is -1.82. The molecule has 1 aliphatic rings. The Kier molecular flexibility index (Phi) is 6.40. The summed E-state index contributed by atoms with van der Waals surface area (Å²) in [6, 6.07) is 14.2. The van der Waals surface area contributed by atoms with Crippen LogP contribution in [0.3, 0.4) is 0 Å². The van der Waals surface area contributed by atoms with E-state index in [9.17, 15) is 22.6 Å². The second-order valence-corrected chi connectivity index (χ2v) is 9.19. The molecule has 1 N–H and O–H groups in total. The number of fused-ring (bicyclic) bond motifs is 1. The van der Waals surface area contributed by atoms with Gasteiger partial charge in [-0.15, -0.1) is 0 Å². The third-order valence-corrected chi connectivity index (χ3v) is 6.79. The first-order valence-corrected chi connectivity index (χ1v) is 11.3. The SMILES string of the molecule is CN1c2ccc(C(=O)NCc3ccc(F)cc3)cc2C(=O)/C(=C\c2ccc(Cl)c(F)c2)S1=O. The zero-order chi connectivity index (χ0) is 23.7. The first kappa shape index (κ1) is 22.8. The number of halogens is 3. The van der Waals surface area contributed by atoms with E-state index >= 15 is 0 Å². The van der Waals surface area contributed by atoms with Gasteiger partial charge in [0.15, 0.2) is 11.0 Å². The molecule has 0 radical (unpaired) electrons. The molecule has 3 aromatic carbocycles. The summed E-state index contributed by atoms with van der Waals surface area (Å²) < 4.78 is 41.1. The molecule has 0 aromatic heterocycles. The number of rotatable bonds is 4. The lowest BCUT2D eigenvalue weighted by Gasteiger charge is -2.27. The van der Waals surface area contributed by atoms with Crippen molar-refractivity contribution >= 4 is 46.0 Å². The van der Waals surface area contributed by atoms with E-state index in [0.29, 0.717) is 16.8 Å². The van der Waals surface area contributed by atoms with Gasteiger partial charge in [-0.1, -0.05) is 29.8 Å². The third kappa shape index (κ3) is 4.72. The molecule has 9 heteroatoms. The standard InChI is InChI=1S/C24H17ClF2N2O3S/c1-29-21-9-5-16(24(31)28-13-14-2-6-17(26)7-3-14)12-18(21)23(30)22(33(29)32)11-15-4-8-19(25)20(27)10-15/h2-12H,13H2,1H3,(H,28,31)/b22-11+. The van der Waals surface area contributed by atoms with E-state index < -0.39 is 28.5 Å². The highest BCUT2D eigenvalue weighted by atomic mass is 35.5. The highest BCUT2D eigenvalue weighted by Gasteiger charge is 2.32. The molecule has 0 saturated heterocycles. The van der Waals surface area contributed by atoms with E-state index in [4.69, 9.17) is 11.6 Å². The lowest BCUT2D eigenvalue weighted by atomic mass is 10.0. The molecule has 1 heterocycles. The van der Waals surface area contributed by atoms with Crippen LogP contribution >= 0.6 is 11.6 Å². The maximum atomic E-state index is 13.8. The number of anilines is 1. The van der Waals surface area contributed by atoms with Crippen molar-refractivity contribution in [1.82, 2.24) is 5.32 Å². The van der Waals surface area contributed by atoms with Gasteiger partial charge in [-0.2, -0.15) is 0 Å².